The molecular formula is C19H15Cl2N3O2. The van der Waals surface area contributed by atoms with Crippen molar-refractivity contribution in [3.63, 3.8) is 0 Å². The van der Waals surface area contributed by atoms with Gasteiger partial charge >= 0.3 is 0 Å². The Labute approximate surface area is 160 Å². The Balaban J connectivity index is 1.59. The molecule has 2 aromatic carbocycles. The normalized spacial score (nSPS) is 16.8. The summed E-state index contributed by atoms with van der Waals surface area (Å²) in [7, 11) is 0. The zero-order valence-electron chi connectivity index (χ0n) is 13.7. The van der Waals surface area contributed by atoms with Gasteiger partial charge in [0.25, 0.3) is 5.91 Å². The van der Waals surface area contributed by atoms with E-state index in [1.165, 1.54) is 0 Å². The van der Waals surface area contributed by atoms with E-state index in [1.54, 1.807) is 41.3 Å². The van der Waals surface area contributed by atoms with Crippen molar-refractivity contribution in [3.8, 4) is 11.4 Å². The molecule has 1 aliphatic rings. The van der Waals surface area contributed by atoms with Crippen LogP contribution in [0.5, 0.6) is 0 Å². The highest BCUT2D eigenvalue weighted by Gasteiger charge is 2.34. The number of likely N-dealkylation sites (tertiary alicyclic amines) is 1. The van der Waals surface area contributed by atoms with Crippen LogP contribution >= 0.6 is 23.2 Å². The summed E-state index contributed by atoms with van der Waals surface area (Å²) in [4.78, 5) is 19.1. The van der Waals surface area contributed by atoms with E-state index >= 15 is 0 Å². The summed E-state index contributed by atoms with van der Waals surface area (Å²) in [6, 6.07) is 13.9. The molecule has 3 aromatic rings. The Morgan fingerprint density at radius 2 is 1.92 bits per heavy atom. The van der Waals surface area contributed by atoms with Crippen LogP contribution in [0.2, 0.25) is 10.0 Å². The van der Waals surface area contributed by atoms with Crippen molar-refractivity contribution >= 4 is 29.1 Å². The molecule has 1 aliphatic heterocycles. The average Bonchev–Trinajstić information content (AvgIpc) is 3.31. The molecule has 0 spiro atoms. The molecule has 0 N–H and O–H groups in total. The lowest BCUT2D eigenvalue weighted by atomic mass is 10.1. The van der Waals surface area contributed by atoms with E-state index in [2.05, 4.69) is 10.1 Å². The molecule has 2 heterocycles. The first-order valence-electron chi connectivity index (χ1n) is 8.28. The minimum absolute atomic E-state index is 0.0822. The van der Waals surface area contributed by atoms with Crippen LogP contribution in [0.3, 0.4) is 0 Å². The first kappa shape index (κ1) is 17.1. The molecule has 1 atom stereocenters. The number of benzene rings is 2. The quantitative estimate of drug-likeness (QED) is 0.632. The minimum atomic E-state index is -0.227. The predicted molar refractivity (Wildman–Crippen MR) is 99.2 cm³/mol. The number of halogens is 2. The third-order valence-corrected chi connectivity index (χ3v) is 4.90. The van der Waals surface area contributed by atoms with E-state index in [0.717, 1.165) is 18.4 Å². The van der Waals surface area contributed by atoms with Crippen LogP contribution in [0.15, 0.2) is 53.1 Å². The van der Waals surface area contributed by atoms with Crippen LogP contribution < -0.4 is 0 Å². The lowest BCUT2D eigenvalue weighted by Gasteiger charge is -2.22. The van der Waals surface area contributed by atoms with Gasteiger partial charge in [-0.1, -0.05) is 34.4 Å². The van der Waals surface area contributed by atoms with Crippen LogP contribution in [0.4, 0.5) is 0 Å². The number of carbonyl (C=O) groups is 1. The Morgan fingerprint density at radius 1 is 1.12 bits per heavy atom. The highest BCUT2D eigenvalue weighted by molar-refractivity contribution is 6.31. The monoisotopic (exact) mass is 387 g/mol. The van der Waals surface area contributed by atoms with E-state index < -0.39 is 0 Å². The summed E-state index contributed by atoms with van der Waals surface area (Å²) in [6.45, 7) is 0.647. The molecule has 4 rings (SSSR count). The van der Waals surface area contributed by atoms with E-state index in [1.807, 2.05) is 12.1 Å². The van der Waals surface area contributed by atoms with Gasteiger partial charge in [-0.3, -0.25) is 4.79 Å². The summed E-state index contributed by atoms with van der Waals surface area (Å²) < 4.78 is 5.46. The maximum absolute atomic E-state index is 12.9. The average molecular weight is 388 g/mol. The molecule has 26 heavy (non-hydrogen) atoms. The molecule has 0 saturated carbocycles. The second-order valence-electron chi connectivity index (χ2n) is 6.13. The molecule has 0 aliphatic carbocycles. The number of amides is 1. The molecule has 5 nitrogen and oxygen atoms in total. The first-order valence-corrected chi connectivity index (χ1v) is 9.03. The molecule has 1 aromatic heterocycles. The van der Waals surface area contributed by atoms with Gasteiger partial charge in [0.2, 0.25) is 11.7 Å². The van der Waals surface area contributed by atoms with Gasteiger partial charge in [0.1, 0.15) is 6.04 Å². The smallest absolute Gasteiger partial charge is 0.254 e. The number of rotatable bonds is 3. The van der Waals surface area contributed by atoms with E-state index in [0.29, 0.717) is 33.9 Å². The summed E-state index contributed by atoms with van der Waals surface area (Å²) in [5.74, 6) is 0.850. The van der Waals surface area contributed by atoms with Crippen molar-refractivity contribution < 1.29 is 9.32 Å². The molecule has 0 radical (unpaired) electrons. The van der Waals surface area contributed by atoms with Crippen molar-refractivity contribution in [2.75, 3.05) is 6.54 Å². The van der Waals surface area contributed by atoms with Gasteiger partial charge in [0.15, 0.2) is 0 Å². The van der Waals surface area contributed by atoms with E-state index in [9.17, 15) is 4.79 Å². The Kier molecular flexibility index (Phi) is 4.66. The zero-order chi connectivity index (χ0) is 18.1. The number of hydrogen-bond donors (Lipinski definition) is 0. The Morgan fingerprint density at radius 3 is 2.69 bits per heavy atom. The van der Waals surface area contributed by atoms with Gasteiger partial charge in [-0.05, 0) is 55.3 Å². The molecule has 7 heteroatoms. The van der Waals surface area contributed by atoms with Crippen LogP contribution in [-0.2, 0) is 0 Å². The second kappa shape index (κ2) is 7.09. The second-order valence-corrected chi connectivity index (χ2v) is 7.00. The molecule has 0 bridgehead atoms. The summed E-state index contributed by atoms with van der Waals surface area (Å²) in [5, 5.41) is 5.23. The van der Waals surface area contributed by atoms with Crippen molar-refractivity contribution in [1.82, 2.24) is 15.0 Å². The molecule has 1 amide bonds. The fraction of sp³-hybridized carbons (Fsp3) is 0.211. The molecular weight excluding hydrogens is 373 g/mol. The van der Waals surface area contributed by atoms with Crippen molar-refractivity contribution in [1.29, 1.82) is 0 Å². The topological polar surface area (TPSA) is 59.2 Å². The van der Waals surface area contributed by atoms with Gasteiger partial charge in [-0.15, -0.1) is 0 Å². The highest BCUT2D eigenvalue weighted by atomic mass is 35.5. The standard InChI is InChI=1S/C19H15Cl2N3O2/c20-14-8-6-12(7-9-14)17-22-18(26-23-17)16-5-2-10-24(16)19(25)13-3-1-4-15(21)11-13/h1,3-4,6-9,11,16H,2,5,10H2. The SMILES string of the molecule is O=C(c1cccc(Cl)c1)N1CCCC1c1nc(-c2ccc(Cl)cc2)no1. The summed E-state index contributed by atoms with van der Waals surface area (Å²) in [6.07, 6.45) is 1.67. The minimum Gasteiger partial charge on any atom is -0.337 e. The lowest BCUT2D eigenvalue weighted by Crippen LogP contribution is -2.30. The van der Waals surface area contributed by atoms with Crippen molar-refractivity contribution in [2.24, 2.45) is 0 Å². The Hall–Kier alpha value is -2.37. The molecule has 1 fully saturated rings. The Bertz CT molecular complexity index is 940. The number of carbonyl (C=O) groups excluding carboxylic acids is 1. The lowest BCUT2D eigenvalue weighted by molar-refractivity contribution is 0.0710. The van der Waals surface area contributed by atoms with E-state index in [-0.39, 0.29) is 11.9 Å². The van der Waals surface area contributed by atoms with Gasteiger partial charge in [0.05, 0.1) is 0 Å². The molecule has 1 saturated heterocycles. The number of hydrogen-bond acceptors (Lipinski definition) is 4. The van der Waals surface area contributed by atoms with Gasteiger partial charge in [0, 0.05) is 27.7 Å². The van der Waals surface area contributed by atoms with Gasteiger partial charge in [-0.25, -0.2) is 0 Å². The predicted octanol–water partition coefficient (Wildman–Crippen LogP) is 5.02. The fourth-order valence-corrected chi connectivity index (χ4v) is 3.46. The van der Waals surface area contributed by atoms with Crippen molar-refractivity contribution in [3.05, 3.63) is 70.0 Å². The van der Waals surface area contributed by atoms with Crippen LogP contribution in [0, 0.1) is 0 Å². The highest BCUT2D eigenvalue weighted by Crippen LogP contribution is 2.33. The van der Waals surface area contributed by atoms with Gasteiger partial charge in [-0.2, -0.15) is 4.98 Å². The summed E-state index contributed by atoms with van der Waals surface area (Å²) in [5.41, 5.74) is 1.37. The third kappa shape index (κ3) is 3.32. The first-order chi connectivity index (χ1) is 12.6. The summed E-state index contributed by atoms with van der Waals surface area (Å²) >= 11 is 11.9. The number of nitrogens with zero attached hydrogens (tertiary/aromatic N) is 3. The van der Waals surface area contributed by atoms with Crippen LogP contribution in [0.1, 0.15) is 35.1 Å². The van der Waals surface area contributed by atoms with Crippen molar-refractivity contribution in [2.45, 2.75) is 18.9 Å². The van der Waals surface area contributed by atoms with Gasteiger partial charge < -0.3 is 9.42 Å². The maximum Gasteiger partial charge on any atom is 0.254 e. The van der Waals surface area contributed by atoms with Crippen LogP contribution in [-0.4, -0.2) is 27.5 Å². The third-order valence-electron chi connectivity index (χ3n) is 4.41. The molecule has 132 valence electrons. The fourth-order valence-electron chi connectivity index (χ4n) is 3.14. The zero-order valence-corrected chi connectivity index (χ0v) is 15.2. The number of aromatic nitrogens is 2. The van der Waals surface area contributed by atoms with E-state index in [4.69, 9.17) is 27.7 Å². The molecule has 1 unspecified atom stereocenters. The van der Waals surface area contributed by atoms with Crippen LogP contribution in [0.25, 0.3) is 11.4 Å². The largest absolute Gasteiger partial charge is 0.337 e. The maximum atomic E-state index is 12.9.